The van der Waals surface area contributed by atoms with Crippen LogP contribution in [0, 0.1) is 0 Å². The lowest BCUT2D eigenvalue weighted by molar-refractivity contribution is 0.203. The molecule has 3 nitrogen and oxygen atoms in total. The van der Waals surface area contributed by atoms with Gasteiger partial charge >= 0.3 is 0 Å². The number of methoxy groups -OCH3 is 1. The van der Waals surface area contributed by atoms with Crippen LogP contribution in [-0.4, -0.2) is 32.3 Å². The summed E-state index contributed by atoms with van der Waals surface area (Å²) < 4.78 is 5.28. The van der Waals surface area contributed by atoms with E-state index in [0.29, 0.717) is 12.1 Å². The summed E-state index contributed by atoms with van der Waals surface area (Å²) in [5.74, 6) is 0. The van der Waals surface area contributed by atoms with Gasteiger partial charge in [0.1, 0.15) is 0 Å². The number of anilines is 1. The molecule has 1 aliphatic carbocycles. The van der Waals surface area contributed by atoms with Crippen LogP contribution in [0.5, 0.6) is 0 Å². The Bertz CT molecular complexity index is 448. The van der Waals surface area contributed by atoms with E-state index in [-0.39, 0.29) is 0 Å². The fourth-order valence-electron chi connectivity index (χ4n) is 2.51. The zero-order chi connectivity index (χ0) is 15.2. The van der Waals surface area contributed by atoms with Crippen LogP contribution >= 0.6 is 11.6 Å². The van der Waals surface area contributed by atoms with E-state index in [2.05, 4.69) is 36.2 Å². The molecule has 1 atom stereocenters. The highest BCUT2D eigenvalue weighted by Gasteiger charge is 2.22. The number of hydrogen-bond donors (Lipinski definition) is 1. The predicted molar refractivity (Wildman–Crippen MR) is 90.3 cm³/mol. The Balaban J connectivity index is 2.19. The van der Waals surface area contributed by atoms with E-state index in [1.807, 2.05) is 6.07 Å². The molecule has 1 fully saturated rings. The van der Waals surface area contributed by atoms with Gasteiger partial charge in [0, 0.05) is 43.0 Å². The van der Waals surface area contributed by atoms with Crippen LogP contribution in [0.2, 0.25) is 5.02 Å². The van der Waals surface area contributed by atoms with Gasteiger partial charge in [-0.2, -0.15) is 0 Å². The number of ether oxygens (including phenoxy) is 1. The lowest BCUT2D eigenvalue weighted by atomic mass is 10.1. The molecule has 21 heavy (non-hydrogen) atoms. The summed E-state index contributed by atoms with van der Waals surface area (Å²) in [6.07, 6.45) is 3.71. The summed E-state index contributed by atoms with van der Waals surface area (Å²) in [6.45, 7) is 7.03. The van der Waals surface area contributed by atoms with E-state index in [0.717, 1.165) is 31.1 Å². The minimum Gasteiger partial charge on any atom is -0.383 e. The van der Waals surface area contributed by atoms with Gasteiger partial charge in [-0.15, -0.1) is 0 Å². The molecule has 0 aromatic heterocycles. The van der Waals surface area contributed by atoms with E-state index < -0.39 is 0 Å². The van der Waals surface area contributed by atoms with Crippen molar-refractivity contribution in [3.63, 3.8) is 0 Å². The average Bonchev–Trinajstić information content (AvgIpc) is 3.30. The van der Waals surface area contributed by atoms with Crippen molar-refractivity contribution in [2.24, 2.45) is 0 Å². The monoisotopic (exact) mass is 310 g/mol. The van der Waals surface area contributed by atoms with E-state index >= 15 is 0 Å². The molecule has 0 heterocycles. The zero-order valence-corrected chi connectivity index (χ0v) is 14.1. The van der Waals surface area contributed by atoms with Gasteiger partial charge in [-0.1, -0.05) is 18.5 Å². The van der Waals surface area contributed by atoms with Gasteiger partial charge in [-0.3, -0.25) is 0 Å². The molecule has 1 saturated carbocycles. The van der Waals surface area contributed by atoms with Gasteiger partial charge in [-0.25, -0.2) is 0 Å². The Labute approximate surface area is 133 Å². The molecule has 0 saturated heterocycles. The van der Waals surface area contributed by atoms with Crippen molar-refractivity contribution in [1.82, 2.24) is 5.32 Å². The quantitative estimate of drug-likeness (QED) is 0.750. The third-order valence-corrected chi connectivity index (χ3v) is 4.40. The normalized spacial score (nSPS) is 16.0. The molecule has 0 amide bonds. The van der Waals surface area contributed by atoms with Crippen LogP contribution in [0.3, 0.4) is 0 Å². The third-order valence-electron chi connectivity index (χ3n) is 4.17. The lowest BCUT2D eigenvalue weighted by Crippen LogP contribution is -2.36. The SMILES string of the molecule is CCC(C)N(CCOC)c1ccc(Cl)cc1CNC1CC1. The Hall–Kier alpha value is -0.770. The lowest BCUT2D eigenvalue weighted by Gasteiger charge is -2.32. The molecular formula is C17H27ClN2O. The molecule has 0 bridgehead atoms. The predicted octanol–water partition coefficient (Wildman–Crippen LogP) is 3.84. The van der Waals surface area contributed by atoms with Crippen LogP contribution in [0.15, 0.2) is 18.2 Å². The first-order valence-corrected chi connectivity index (χ1v) is 8.30. The van der Waals surface area contributed by atoms with E-state index in [4.69, 9.17) is 16.3 Å². The molecule has 1 aromatic carbocycles. The van der Waals surface area contributed by atoms with E-state index in [1.165, 1.54) is 24.1 Å². The summed E-state index contributed by atoms with van der Waals surface area (Å²) >= 11 is 6.20. The highest BCUT2D eigenvalue weighted by atomic mass is 35.5. The van der Waals surface area contributed by atoms with Gasteiger partial charge < -0.3 is 15.0 Å². The number of rotatable bonds is 9. The van der Waals surface area contributed by atoms with Gasteiger partial charge in [-0.05, 0) is 49.9 Å². The molecule has 1 unspecified atom stereocenters. The van der Waals surface area contributed by atoms with Crippen molar-refractivity contribution in [1.29, 1.82) is 0 Å². The van der Waals surface area contributed by atoms with E-state index in [1.54, 1.807) is 7.11 Å². The number of benzene rings is 1. The maximum Gasteiger partial charge on any atom is 0.0637 e. The summed E-state index contributed by atoms with van der Waals surface area (Å²) in [4.78, 5) is 2.43. The van der Waals surface area contributed by atoms with Gasteiger partial charge in [0.25, 0.3) is 0 Å². The highest BCUT2D eigenvalue weighted by molar-refractivity contribution is 6.30. The molecule has 1 aromatic rings. The second kappa shape index (κ2) is 8.02. The molecule has 1 aliphatic rings. The molecule has 118 valence electrons. The first-order valence-electron chi connectivity index (χ1n) is 7.93. The first kappa shape index (κ1) is 16.6. The second-order valence-electron chi connectivity index (χ2n) is 5.87. The zero-order valence-electron chi connectivity index (χ0n) is 13.4. The summed E-state index contributed by atoms with van der Waals surface area (Å²) in [5, 5.41) is 4.40. The fourth-order valence-corrected chi connectivity index (χ4v) is 2.70. The maximum atomic E-state index is 6.20. The van der Waals surface area contributed by atoms with Crippen molar-refractivity contribution < 1.29 is 4.74 Å². The topological polar surface area (TPSA) is 24.5 Å². The molecule has 4 heteroatoms. The number of halogens is 1. The van der Waals surface area contributed by atoms with Crippen molar-refractivity contribution in [2.45, 2.75) is 51.7 Å². The standard InChI is InChI=1S/C17H27ClN2O/c1-4-13(2)20(9-10-21-3)17-8-5-15(18)11-14(17)12-19-16-6-7-16/h5,8,11,13,16,19H,4,6-7,9-10,12H2,1-3H3. The van der Waals surface area contributed by atoms with Crippen LogP contribution in [0.1, 0.15) is 38.7 Å². The molecule has 0 spiro atoms. The Kier molecular flexibility index (Phi) is 6.34. The van der Waals surface area contributed by atoms with Crippen molar-refractivity contribution in [3.8, 4) is 0 Å². The highest BCUT2D eigenvalue weighted by Crippen LogP contribution is 2.28. The maximum absolute atomic E-state index is 6.20. The molecule has 1 N–H and O–H groups in total. The van der Waals surface area contributed by atoms with Crippen molar-refractivity contribution in [3.05, 3.63) is 28.8 Å². The average molecular weight is 311 g/mol. The van der Waals surface area contributed by atoms with Crippen LogP contribution in [0.4, 0.5) is 5.69 Å². The van der Waals surface area contributed by atoms with E-state index in [9.17, 15) is 0 Å². The summed E-state index contributed by atoms with van der Waals surface area (Å²) in [6, 6.07) is 7.41. The fraction of sp³-hybridized carbons (Fsp3) is 0.647. The van der Waals surface area contributed by atoms with Crippen LogP contribution < -0.4 is 10.2 Å². The Morgan fingerprint density at radius 3 is 2.81 bits per heavy atom. The van der Waals surface area contributed by atoms with Gasteiger partial charge in [0.05, 0.1) is 6.61 Å². The molecule has 0 radical (unpaired) electrons. The number of hydrogen-bond acceptors (Lipinski definition) is 3. The Morgan fingerprint density at radius 2 is 2.19 bits per heavy atom. The molecule has 0 aliphatic heterocycles. The first-order chi connectivity index (χ1) is 10.2. The smallest absolute Gasteiger partial charge is 0.0637 e. The number of nitrogens with one attached hydrogen (secondary N) is 1. The summed E-state index contributed by atoms with van der Waals surface area (Å²) in [7, 11) is 1.76. The van der Waals surface area contributed by atoms with Crippen molar-refractivity contribution >= 4 is 17.3 Å². The largest absolute Gasteiger partial charge is 0.383 e. The summed E-state index contributed by atoms with van der Waals surface area (Å²) in [5.41, 5.74) is 2.56. The minimum absolute atomic E-state index is 0.487. The minimum atomic E-state index is 0.487. The van der Waals surface area contributed by atoms with Crippen LogP contribution in [0.25, 0.3) is 0 Å². The molecular weight excluding hydrogens is 284 g/mol. The second-order valence-corrected chi connectivity index (χ2v) is 6.31. The Morgan fingerprint density at radius 1 is 1.43 bits per heavy atom. The third kappa shape index (κ3) is 4.87. The van der Waals surface area contributed by atoms with Crippen LogP contribution in [-0.2, 0) is 11.3 Å². The van der Waals surface area contributed by atoms with Crippen molar-refractivity contribution in [2.75, 3.05) is 25.2 Å². The number of nitrogens with zero attached hydrogens (tertiary/aromatic N) is 1. The van der Waals surface area contributed by atoms with Gasteiger partial charge in [0.2, 0.25) is 0 Å². The van der Waals surface area contributed by atoms with Gasteiger partial charge in [0.15, 0.2) is 0 Å². The molecule has 2 rings (SSSR count).